The Balaban J connectivity index is 1.67. The highest BCUT2D eigenvalue weighted by Crippen LogP contribution is 2.26. The van der Waals surface area contributed by atoms with E-state index in [-0.39, 0.29) is 5.91 Å². The maximum Gasteiger partial charge on any atom is 0.244 e. The quantitative estimate of drug-likeness (QED) is 0.629. The molecule has 1 amide bonds. The molecular weight excluding hydrogens is 333 g/mol. The van der Waals surface area contributed by atoms with Crippen molar-refractivity contribution in [2.75, 3.05) is 46.3 Å². The van der Waals surface area contributed by atoms with Crippen molar-refractivity contribution in [2.24, 2.45) is 0 Å². The van der Waals surface area contributed by atoms with Crippen LogP contribution in [0, 0.1) is 0 Å². The molecule has 1 aliphatic heterocycles. The van der Waals surface area contributed by atoms with Gasteiger partial charge in [-0.1, -0.05) is 35.3 Å². The van der Waals surface area contributed by atoms with Crippen LogP contribution in [0.5, 0.6) is 0 Å². The van der Waals surface area contributed by atoms with Crippen molar-refractivity contribution in [1.82, 2.24) is 15.1 Å². The van der Waals surface area contributed by atoms with Crippen molar-refractivity contribution in [3.8, 4) is 0 Å². The monoisotopic (exact) mass is 355 g/mol. The second-order valence-corrected chi connectivity index (χ2v) is 6.55. The second kappa shape index (κ2) is 9.28. The second-order valence-electron chi connectivity index (χ2n) is 5.77. The van der Waals surface area contributed by atoms with Crippen molar-refractivity contribution in [1.29, 1.82) is 0 Å². The minimum atomic E-state index is -0.112. The summed E-state index contributed by atoms with van der Waals surface area (Å²) < 4.78 is 0. The van der Waals surface area contributed by atoms with Gasteiger partial charge in [0.05, 0.1) is 10.0 Å². The molecule has 0 atom stereocenters. The fourth-order valence-corrected chi connectivity index (χ4v) is 2.83. The molecule has 1 fully saturated rings. The molecule has 1 aromatic rings. The molecule has 0 aliphatic carbocycles. The van der Waals surface area contributed by atoms with Gasteiger partial charge in [0.25, 0.3) is 0 Å². The van der Waals surface area contributed by atoms with E-state index in [1.165, 1.54) is 6.08 Å². The van der Waals surface area contributed by atoms with Crippen LogP contribution >= 0.6 is 23.2 Å². The van der Waals surface area contributed by atoms with Crippen LogP contribution < -0.4 is 5.32 Å². The summed E-state index contributed by atoms with van der Waals surface area (Å²) in [5, 5.41) is 3.85. The van der Waals surface area contributed by atoms with Crippen LogP contribution in [-0.4, -0.2) is 62.0 Å². The predicted octanol–water partition coefficient (Wildman–Crippen LogP) is 2.76. The standard InChI is InChI=1S/C17H23Cl2N3O/c1-21-10-12-22(13-11-21)9-3-8-20-16(23)7-6-14-4-2-5-15(18)17(14)19/h2,4-7H,3,8-13H2,1H3,(H,20,23)/b7-6+. The first-order valence-corrected chi connectivity index (χ1v) is 8.62. The Hall–Kier alpha value is -1.07. The summed E-state index contributed by atoms with van der Waals surface area (Å²) >= 11 is 12.0. The van der Waals surface area contributed by atoms with Gasteiger partial charge in [-0.25, -0.2) is 0 Å². The van der Waals surface area contributed by atoms with Crippen molar-refractivity contribution >= 4 is 35.2 Å². The van der Waals surface area contributed by atoms with E-state index in [2.05, 4.69) is 22.2 Å². The molecule has 0 saturated carbocycles. The Morgan fingerprint density at radius 2 is 2.00 bits per heavy atom. The molecule has 0 unspecified atom stereocenters. The maximum absolute atomic E-state index is 11.8. The van der Waals surface area contributed by atoms with Gasteiger partial charge in [0.2, 0.25) is 5.91 Å². The van der Waals surface area contributed by atoms with Crippen LogP contribution in [0.2, 0.25) is 10.0 Å². The summed E-state index contributed by atoms with van der Waals surface area (Å²) in [6.45, 7) is 6.16. The average molecular weight is 356 g/mol. The molecule has 6 heteroatoms. The molecule has 1 aliphatic rings. The van der Waals surface area contributed by atoms with Crippen molar-refractivity contribution in [3.63, 3.8) is 0 Å². The van der Waals surface area contributed by atoms with Gasteiger partial charge < -0.3 is 15.1 Å². The zero-order chi connectivity index (χ0) is 16.7. The number of hydrogen-bond acceptors (Lipinski definition) is 3. The van der Waals surface area contributed by atoms with E-state index in [0.29, 0.717) is 16.6 Å². The van der Waals surface area contributed by atoms with Gasteiger partial charge >= 0.3 is 0 Å². The van der Waals surface area contributed by atoms with Crippen molar-refractivity contribution in [2.45, 2.75) is 6.42 Å². The third kappa shape index (κ3) is 6.15. The lowest BCUT2D eigenvalue weighted by atomic mass is 10.2. The Labute approximate surface area is 148 Å². The lowest BCUT2D eigenvalue weighted by Crippen LogP contribution is -2.45. The van der Waals surface area contributed by atoms with E-state index >= 15 is 0 Å². The van der Waals surface area contributed by atoms with Gasteiger partial charge in [-0.15, -0.1) is 0 Å². The molecule has 0 bridgehead atoms. The zero-order valence-electron chi connectivity index (χ0n) is 13.4. The van der Waals surface area contributed by atoms with E-state index < -0.39 is 0 Å². The number of amides is 1. The SMILES string of the molecule is CN1CCN(CCCNC(=O)/C=C/c2cccc(Cl)c2Cl)CC1. The molecular formula is C17H23Cl2N3O. The van der Waals surface area contributed by atoms with Crippen molar-refractivity contribution < 1.29 is 4.79 Å². The lowest BCUT2D eigenvalue weighted by Gasteiger charge is -2.32. The highest BCUT2D eigenvalue weighted by molar-refractivity contribution is 6.42. The van der Waals surface area contributed by atoms with Crippen LogP contribution in [0.3, 0.4) is 0 Å². The molecule has 23 heavy (non-hydrogen) atoms. The average Bonchev–Trinajstić information content (AvgIpc) is 2.54. The number of carbonyl (C=O) groups excluding carboxylic acids is 1. The molecule has 1 heterocycles. The molecule has 4 nitrogen and oxygen atoms in total. The van der Waals surface area contributed by atoms with Gasteiger partial charge in [-0.3, -0.25) is 4.79 Å². The fourth-order valence-electron chi connectivity index (χ4n) is 2.46. The predicted molar refractivity (Wildman–Crippen MR) is 97.1 cm³/mol. The molecule has 1 saturated heterocycles. The topological polar surface area (TPSA) is 35.6 Å². The number of piperazine rings is 1. The van der Waals surface area contributed by atoms with Gasteiger partial charge in [0.15, 0.2) is 0 Å². The summed E-state index contributed by atoms with van der Waals surface area (Å²) in [5.74, 6) is -0.112. The summed E-state index contributed by atoms with van der Waals surface area (Å²) in [6.07, 6.45) is 4.14. The largest absolute Gasteiger partial charge is 0.353 e. The maximum atomic E-state index is 11.8. The minimum Gasteiger partial charge on any atom is -0.353 e. The molecule has 1 aromatic carbocycles. The van der Waals surface area contributed by atoms with Crippen LogP contribution in [-0.2, 0) is 4.79 Å². The van der Waals surface area contributed by atoms with Gasteiger partial charge in [0, 0.05) is 38.8 Å². The summed E-state index contributed by atoms with van der Waals surface area (Å²) in [6, 6.07) is 5.35. The van der Waals surface area contributed by atoms with E-state index in [4.69, 9.17) is 23.2 Å². The smallest absolute Gasteiger partial charge is 0.244 e. The number of rotatable bonds is 6. The molecule has 1 N–H and O–H groups in total. The first-order valence-electron chi connectivity index (χ1n) is 7.87. The fraction of sp³-hybridized carbons (Fsp3) is 0.471. The van der Waals surface area contributed by atoms with Gasteiger partial charge in [-0.05, 0) is 37.7 Å². The Morgan fingerprint density at radius 3 is 2.74 bits per heavy atom. The number of carbonyl (C=O) groups is 1. The van der Waals surface area contributed by atoms with Crippen LogP contribution in [0.15, 0.2) is 24.3 Å². The summed E-state index contributed by atoms with van der Waals surface area (Å²) in [5.41, 5.74) is 0.742. The van der Waals surface area contributed by atoms with E-state index in [1.807, 2.05) is 12.1 Å². The Kier molecular flexibility index (Phi) is 7.37. The number of likely N-dealkylation sites (N-methyl/N-ethyl adjacent to an activating group) is 1. The van der Waals surface area contributed by atoms with Crippen LogP contribution in [0.25, 0.3) is 6.08 Å². The van der Waals surface area contributed by atoms with E-state index in [0.717, 1.165) is 44.7 Å². The first kappa shape index (κ1) is 18.3. The van der Waals surface area contributed by atoms with E-state index in [1.54, 1.807) is 12.1 Å². The Morgan fingerprint density at radius 1 is 1.26 bits per heavy atom. The van der Waals surface area contributed by atoms with Crippen molar-refractivity contribution in [3.05, 3.63) is 39.9 Å². The minimum absolute atomic E-state index is 0.112. The zero-order valence-corrected chi connectivity index (χ0v) is 14.9. The molecule has 0 radical (unpaired) electrons. The lowest BCUT2D eigenvalue weighted by molar-refractivity contribution is -0.116. The Bertz CT molecular complexity index is 555. The summed E-state index contributed by atoms with van der Waals surface area (Å²) in [4.78, 5) is 16.6. The third-order valence-electron chi connectivity index (χ3n) is 3.94. The van der Waals surface area contributed by atoms with Gasteiger partial charge in [-0.2, -0.15) is 0 Å². The normalized spacial score (nSPS) is 16.8. The molecule has 0 aromatic heterocycles. The third-order valence-corrected chi connectivity index (χ3v) is 4.78. The number of nitrogens with zero attached hydrogens (tertiary/aromatic N) is 2. The first-order chi connectivity index (χ1) is 11.1. The number of halogens is 2. The summed E-state index contributed by atoms with van der Waals surface area (Å²) in [7, 11) is 2.15. The van der Waals surface area contributed by atoms with Gasteiger partial charge in [0.1, 0.15) is 0 Å². The van der Waals surface area contributed by atoms with Crippen LogP contribution in [0.1, 0.15) is 12.0 Å². The number of hydrogen-bond donors (Lipinski definition) is 1. The number of nitrogens with one attached hydrogen (secondary N) is 1. The highest BCUT2D eigenvalue weighted by atomic mass is 35.5. The molecule has 126 valence electrons. The van der Waals surface area contributed by atoms with Crippen LogP contribution in [0.4, 0.5) is 0 Å². The number of benzene rings is 1. The van der Waals surface area contributed by atoms with E-state index in [9.17, 15) is 4.79 Å². The highest BCUT2D eigenvalue weighted by Gasteiger charge is 2.12. The molecule has 2 rings (SSSR count). The molecule has 0 spiro atoms.